The van der Waals surface area contributed by atoms with Gasteiger partial charge in [0.25, 0.3) is 0 Å². The summed E-state index contributed by atoms with van der Waals surface area (Å²) in [7, 11) is -1.76. The van der Waals surface area contributed by atoms with E-state index in [0.717, 1.165) is 13.0 Å². The summed E-state index contributed by atoms with van der Waals surface area (Å²) in [6.45, 7) is 3.17. The maximum atomic E-state index is 12.3. The summed E-state index contributed by atoms with van der Waals surface area (Å²) in [4.78, 5) is 0.288. The number of hydrogen-bond donors (Lipinski definition) is 1. The second-order valence-corrected chi connectivity index (χ2v) is 6.81. The van der Waals surface area contributed by atoms with Crippen LogP contribution in [0.2, 0.25) is 5.02 Å². The van der Waals surface area contributed by atoms with Crippen LogP contribution in [-0.4, -0.2) is 40.5 Å². The van der Waals surface area contributed by atoms with Gasteiger partial charge in [-0.25, -0.2) is 8.42 Å². The summed E-state index contributed by atoms with van der Waals surface area (Å²) in [6, 6.07) is 6.02. The molecule has 108 valence electrons. The molecular formula is C13H20ClNO3S. The molecule has 4 nitrogen and oxygen atoms in total. The molecule has 0 aromatic heterocycles. The van der Waals surface area contributed by atoms with E-state index in [1.54, 1.807) is 19.2 Å². The van der Waals surface area contributed by atoms with Crippen molar-refractivity contribution in [2.45, 2.75) is 24.3 Å². The van der Waals surface area contributed by atoms with Gasteiger partial charge in [-0.2, -0.15) is 0 Å². The van der Waals surface area contributed by atoms with Crippen molar-refractivity contribution in [2.24, 2.45) is 0 Å². The van der Waals surface area contributed by atoms with E-state index in [-0.39, 0.29) is 16.7 Å². The maximum absolute atomic E-state index is 12.3. The zero-order chi connectivity index (χ0) is 14.3. The summed E-state index contributed by atoms with van der Waals surface area (Å²) in [5.41, 5.74) is 0. The second kappa shape index (κ2) is 7.85. The molecule has 1 unspecified atom stereocenters. The van der Waals surface area contributed by atoms with Crippen molar-refractivity contribution in [3.05, 3.63) is 29.3 Å². The van der Waals surface area contributed by atoms with Crippen LogP contribution < -0.4 is 5.32 Å². The molecule has 0 spiro atoms. The summed E-state index contributed by atoms with van der Waals surface area (Å²) in [5.74, 6) is 0.0163. The maximum Gasteiger partial charge on any atom is 0.179 e. The van der Waals surface area contributed by atoms with E-state index in [4.69, 9.17) is 16.3 Å². The average molecular weight is 306 g/mol. The van der Waals surface area contributed by atoms with Crippen molar-refractivity contribution in [3.63, 3.8) is 0 Å². The highest BCUT2D eigenvalue weighted by molar-refractivity contribution is 7.91. The van der Waals surface area contributed by atoms with Gasteiger partial charge in [0.15, 0.2) is 9.84 Å². The van der Waals surface area contributed by atoms with Gasteiger partial charge in [0.1, 0.15) is 0 Å². The van der Waals surface area contributed by atoms with Crippen molar-refractivity contribution in [1.82, 2.24) is 5.32 Å². The Morgan fingerprint density at radius 2 is 1.95 bits per heavy atom. The summed E-state index contributed by atoms with van der Waals surface area (Å²) < 4.78 is 29.6. The lowest BCUT2D eigenvalue weighted by atomic mass is 10.3. The Labute approximate surface area is 120 Å². The van der Waals surface area contributed by atoms with Gasteiger partial charge in [0.05, 0.1) is 17.3 Å². The van der Waals surface area contributed by atoms with E-state index in [1.807, 2.05) is 6.92 Å². The molecule has 0 amide bonds. The molecule has 6 heteroatoms. The fourth-order valence-corrected chi connectivity index (χ4v) is 3.33. The zero-order valence-corrected chi connectivity index (χ0v) is 12.8. The van der Waals surface area contributed by atoms with Crippen LogP contribution in [0.25, 0.3) is 0 Å². The van der Waals surface area contributed by atoms with Crippen LogP contribution in [0, 0.1) is 0 Å². The van der Waals surface area contributed by atoms with E-state index < -0.39 is 9.84 Å². The minimum Gasteiger partial charge on any atom is -0.383 e. The summed E-state index contributed by atoms with van der Waals surface area (Å²) in [6.07, 6.45) is 0.946. The molecular weight excluding hydrogens is 286 g/mol. The molecule has 0 heterocycles. The van der Waals surface area contributed by atoms with Crippen molar-refractivity contribution < 1.29 is 13.2 Å². The number of benzene rings is 1. The molecule has 0 saturated carbocycles. The first-order valence-corrected chi connectivity index (χ1v) is 8.23. The van der Waals surface area contributed by atoms with Gasteiger partial charge in [0.2, 0.25) is 0 Å². The number of hydrogen-bond acceptors (Lipinski definition) is 4. The Morgan fingerprint density at radius 1 is 1.32 bits per heavy atom. The van der Waals surface area contributed by atoms with Crippen molar-refractivity contribution in [2.75, 3.05) is 26.0 Å². The normalized spacial score (nSPS) is 13.4. The van der Waals surface area contributed by atoms with Gasteiger partial charge >= 0.3 is 0 Å². The molecule has 0 aliphatic carbocycles. The minimum absolute atomic E-state index is 0.0163. The quantitative estimate of drug-likeness (QED) is 0.799. The molecule has 0 aliphatic rings. The Hall–Kier alpha value is -0.620. The third-order valence-electron chi connectivity index (χ3n) is 2.64. The summed E-state index contributed by atoms with van der Waals surface area (Å²) in [5, 5.41) is 3.70. The van der Waals surface area contributed by atoms with Gasteiger partial charge in [-0.05, 0) is 37.2 Å². The molecule has 0 aliphatic heterocycles. The Morgan fingerprint density at radius 3 is 2.47 bits per heavy atom. The lowest BCUT2D eigenvalue weighted by molar-refractivity contribution is 0.173. The number of sulfone groups is 1. The Kier molecular flexibility index (Phi) is 6.79. The molecule has 0 saturated heterocycles. The first-order valence-electron chi connectivity index (χ1n) is 6.20. The topological polar surface area (TPSA) is 55.4 Å². The van der Waals surface area contributed by atoms with Gasteiger partial charge in [-0.1, -0.05) is 18.5 Å². The molecule has 1 aromatic carbocycles. The second-order valence-electron chi connectivity index (χ2n) is 4.34. The zero-order valence-electron chi connectivity index (χ0n) is 11.2. The number of nitrogens with one attached hydrogen (secondary N) is 1. The van der Waals surface area contributed by atoms with E-state index in [2.05, 4.69) is 5.32 Å². The molecule has 1 rings (SSSR count). The van der Waals surface area contributed by atoms with Crippen LogP contribution >= 0.6 is 11.6 Å². The molecule has 0 radical (unpaired) electrons. The van der Waals surface area contributed by atoms with Gasteiger partial charge in [0, 0.05) is 18.2 Å². The number of ether oxygens (including phenoxy) is 1. The van der Waals surface area contributed by atoms with Crippen molar-refractivity contribution in [3.8, 4) is 0 Å². The third-order valence-corrected chi connectivity index (χ3v) is 4.73. The van der Waals surface area contributed by atoms with Crippen LogP contribution in [0.15, 0.2) is 29.2 Å². The first-order chi connectivity index (χ1) is 8.99. The summed E-state index contributed by atoms with van der Waals surface area (Å²) >= 11 is 5.76. The van der Waals surface area contributed by atoms with Crippen LogP contribution in [0.3, 0.4) is 0 Å². The third kappa shape index (κ3) is 5.48. The largest absolute Gasteiger partial charge is 0.383 e. The van der Waals surface area contributed by atoms with Crippen LogP contribution in [0.5, 0.6) is 0 Å². The lowest BCUT2D eigenvalue weighted by Crippen LogP contribution is -2.39. The standard InChI is InChI=1S/C13H20ClNO3S/c1-3-8-15-12(9-18-2)10-19(16,17)13-6-4-11(14)5-7-13/h4-7,12,15H,3,8-10H2,1-2H3. The molecule has 0 bridgehead atoms. The molecule has 1 N–H and O–H groups in total. The van der Waals surface area contributed by atoms with Crippen LogP contribution in [-0.2, 0) is 14.6 Å². The molecule has 1 atom stereocenters. The van der Waals surface area contributed by atoms with E-state index in [9.17, 15) is 8.42 Å². The Bertz CT molecular complexity index is 473. The SMILES string of the molecule is CCCNC(COC)CS(=O)(=O)c1ccc(Cl)cc1. The van der Waals surface area contributed by atoms with E-state index in [1.165, 1.54) is 12.1 Å². The monoisotopic (exact) mass is 305 g/mol. The van der Waals surface area contributed by atoms with Crippen LogP contribution in [0.4, 0.5) is 0 Å². The number of methoxy groups -OCH3 is 1. The smallest absolute Gasteiger partial charge is 0.179 e. The van der Waals surface area contributed by atoms with E-state index in [0.29, 0.717) is 11.6 Å². The number of rotatable bonds is 8. The van der Waals surface area contributed by atoms with Gasteiger partial charge < -0.3 is 10.1 Å². The molecule has 19 heavy (non-hydrogen) atoms. The van der Waals surface area contributed by atoms with E-state index >= 15 is 0 Å². The highest BCUT2D eigenvalue weighted by Crippen LogP contribution is 2.16. The first kappa shape index (κ1) is 16.4. The number of halogens is 1. The Balaban J connectivity index is 2.78. The average Bonchev–Trinajstić information content (AvgIpc) is 2.36. The van der Waals surface area contributed by atoms with Crippen LogP contribution in [0.1, 0.15) is 13.3 Å². The minimum atomic E-state index is -3.33. The fraction of sp³-hybridized carbons (Fsp3) is 0.538. The predicted octanol–water partition coefficient (Wildman–Crippen LogP) is 2.13. The fourth-order valence-electron chi connectivity index (χ4n) is 1.72. The predicted molar refractivity (Wildman–Crippen MR) is 77.5 cm³/mol. The van der Waals surface area contributed by atoms with Crippen molar-refractivity contribution in [1.29, 1.82) is 0 Å². The highest BCUT2D eigenvalue weighted by atomic mass is 35.5. The van der Waals surface area contributed by atoms with Gasteiger partial charge in [-0.3, -0.25) is 0 Å². The molecule has 1 aromatic rings. The lowest BCUT2D eigenvalue weighted by Gasteiger charge is -2.17. The molecule has 0 fully saturated rings. The highest BCUT2D eigenvalue weighted by Gasteiger charge is 2.20. The van der Waals surface area contributed by atoms with Crippen molar-refractivity contribution >= 4 is 21.4 Å². The van der Waals surface area contributed by atoms with Gasteiger partial charge in [-0.15, -0.1) is 0 Å².